The molecule has 0 bridgehead atoms. The topological polar surface area (TPSA) is 44.8 Å². The first-order valence-corrected chi connectivity index (χ1v) is 8.80. The molecule has 1 saturated heterocycles. The largest absolute Gasteiger partial charge is 0.444 e. The van der Waals surface area contributed by atoms with E-state index in [1.807, 2.05) is 20.8 Å². The van der Waals surface area contributed by atoms with Crippen molar-refractivity contribution in [1.82, 2.24) is 15.1 Å². The van der Waals surface area contributed by atoms with Gasteiger partial charge in [0.25, 0.3) is 0 Å². The molecule has 0 aromatic heterocycles. The van der Waals surface area contributed by atoms with Gasteiger partial charge in [-0.15, -0.1) is 0 Å². The van der Waals surface area contributed by atoms with E-state index < -0.39 is 5.60 Å². The summed E-state index contributed by atoms with van der Waals surface area (Å²) in [6, 6.07) is 0.289. The van der Waals surface area contributed by atoms with Crippen molar-refractivity contribution >= 4 is 6.09 Å². The number of ether oxygens (including phenoxy) is 1. The first kappa shape index (κ1) is 17.5. The van der Waals surface area contributed by atoms with E-state index in [1.54, 1.807) is 0 Å². The number of likely N-dealkylation sites (N-methyl/N-ethyl adjacent to an activating group) is 1. The molecule has 1 aliphatic heterocycles. The number of rotatable bonds is 4. The summed E-state index contributed by atoms with van der Waals surface area (Å²) in [5.41, 5.74) is -0.416. The first-order chi connectivity index (χ1) is 10.4. The van der Waals surface area contributed by atoms with Gasteiger partial charge in [0.05, 0.1) is 0 Å². The molecule has 2 atom stereocenters. The number of alkyl carbamates (subject to hydrolysis) is 1. The summed E-state index contributed by atoms with van der Waals surface area (Å²) < 4.78 is 5.34. The minimum Gasteiger partial charge on any atom is -0.444 e. The minimum absolute atomic E-state index is 0.269. The number of nitrogens with zero attached hydrogens (tertiary/aromatic N) is 2. The second kappa shape index (κ2) is 7.64. The predicted octanol–water partition coefficient (Wildman–Crippen LogP) is 2.32. The lowest BCUT2D eigenvalue weighted by atomic mass is 10.1. The molecule has 22 heavy (non-hydrogen) atoms. The molecule has 2 fully saturated rings. The Morgan fingerprint density at radius 3 is 2.36 bits per heavy atom. The summed E-state index contributed by atoms with van der Waals surface area (Å²) in [6.45, 7) is 15.1. The van der Waals surface area contributed by atoms with E-state index in [4.69, 9.17) is 4.74 Å². The molecule has 0 radical (unpaired) electrons. The van der Waals surface area contributed by atoms with Gasteiger partial charge in [0.1, 0.15) is 5.60 Å². The molecule has 2 unspecified atom stereocenters. The lowest BCUT2D eigenvalue weighted by molar-refractivity contribution is 0.0503. The molecule has 5 heteroatoms. The number of carbonyl (C=O) groups excluding carboxylic acids is 1. The van der Waals surface area contributed by atoms with E-state index in [0.717, 1.165) is 12.8 Å². The SMILES string of the molecule is CCN1CCN(CC2CCC(NC(=O)OC(C)(C)C)C2)CC1. The van der Waals surface area contributed by atoms with Crippen LogP contribution in [0.3, 0.4) is 0 Å². The predicted molar refractivity (Wildman–Crippen MR) is 89.1 cm³/mol. The van der Waals surface area contributed by atoms with Crippen molar-refractivity contribution in [3.05, 3.63) is 0 Å². The summed E-state index contributed by atoms with van der Waals surface area (Å²) in [6.07, 6.45) is 3.12. The minimum atomic E-state index is -0.416. The Morgan fingerprint density at radius 1 is 1.14 bits per heavy atom. The molecule has 5 nitrogen and oxygen atoms in total. The molecule has 2 aliphatic rings. The van der Waals surface area contributed by atoms with Gasteiger partial charge < -0.3 is 19.9 Å². The molecule has 2 rings (SSSR count). The zero-order chi connectivity index (χ0) is 16.2. The van der Waals surface area contributed by atoms with Crippen LogP contribution in [0.1, 0.15) is 47.0 Å². The zero-order valence-electron chi connectivity index (χ0n) is 14.7. The maximum Gasteiger partial charge on any atom is 0.407 e. The average molecular weight is 311 g/mol. The summed E-state index contributed by atoms with van der Waals surface area (Å²) in [7, 11) is 0. The number of piperazine rings is 1. The van der Waals surface area contributed by atoms with Crippen LogP contribution in [0.25, 0.3) is 0 Å². The van der Waals surface area contributed by atoms with Gasteiger partial charge in [-0.1, -0.05) is 6.92 Å². The Morgan fingerprint density at radius 2 is 1.77 bits per heavy atom. The van der Waals surface area contributed by atoms with Crippen LogP contribution < -0.4 is 5.32 Å². The maximum absolute atomic E-state index is 11.8. The Labute approximate surface area is 135 Å². The normalized spacial score (nSPS) is 27.8. The van der Waals surface area contributed by atoms with E-state index in [-0.39, 0.29) is 12.1 Å². The lowest BCUT2D eigenvalue weighted by Crippen LogP contribution is -2.47. The van der Waals surface area contributed by atoms with Gasteiger partial charge in [-0.3, -0.25) is 0 Å². The van der Waals surface area contributed by atoms with Crippen LogP contribution in [0.4, 0.5) is 4.79 Å². The highest BCUT2D eigenvalue weighted by Gasteiger charge is 2.29. The van der Waals surface area contributed by atoms with Crippen molar-refractivity contribution in [2.45, 2.75) is 58.6 Å². The van der Waals surface area contributed by atoms with Crippen molar-refractivity contribution in [3.8, 4) is 0 Å². The van der Waals surface area contributed by atoms with E-state index in [0.29, 0.717) is 5.92 Å². The Bertz CT molecular complexity index is 359. The Kier molecular flexibility index (Phi) is 6.09. The second-order valence-corrected chi connectivity index (χ2v) is 7.76. The van der Waals surface area contributed by atoms with Gasteiger partial charge in [0.15, 0.2) is 0 Å². The molecule has 128 valence electrons. The molecule has 0 aromatic carbocycles. The molecular formula is C17H33N3O2. The molecule has 1 amide bonds. The van der Waals surface area contributed by atoms with Gasteiger partial charge in [-0.2, -0.15) is 0 Å². The highest BCUT2D eigenvalue weighted by molar-refractivity contribution is 5.68. The van der Waals surface area contributed by atoms with Crippen molar-refractivity contribution in [3.63, 3.8) is 0 Å². The highest BCUT2D eigenvalue weighted by atomic mass is 16.6. The van der Waals surface area contributed by atoms with Crippen molar-refractivity contribution in [2.24, 2.45) is 5.92 Å². The second-order valence-electron chi connectivity index (χ2n) is 7.76. The summed E-state index contributed by atoms with van der Waals surface area (Å²) in [5, 5.41) is 3.03. The third kappa shape index (κ3) is 5.76. The van der Waals surface area contributed by atoms with E-state index in [9.17, 15) is 4.79 Å². The molecular weight excluding hydrogens is 278 g/mol. The van der Waals surface area contributed by atoms with Crippen molar-refractivity contribution in [2.75, 3.05) is 39.3 Å². The van der Waals surface area contributed by atoms with Gasteiger partial charge in [0.2, 0.25) is 0 Å². The van der Waals surface area contributed by atoms with E-state index in [2.05, 4.69) is 22.0 Å². The molecule has 1 aliphatic carbocycles. The maximum atomic E-state index is 11.8. The van der Waals surface area contributed by atoms with Crippen LogP contribution in [0, 0.1) is 5.92 Å². The van der Waals surface area contributed by atoms with E-state index >= 15 is 0 Å². The van der Waals surface area contributed by atoms with E-state index in [1.165, 1.54) is 45.7 Å². The Balaban J connectivity index is 1.66. The van der Waals surface area contributed by atoms with Crippen LogP contribution in [0.5, 0.6) is 0 Å². The number of hydrogen-bond donors (Lipinski definition) is 1. The van der Waals surface area contributed by atoms with Crippen molar-refractivity contribution in [1.29, 1.82) is 0 Å². The third-order valence-corrected chi connectivity index (χ3v) is 4.69. The molecule has 1 saturated carbocycles. The summed E-state index contributed by atoms with van der Waals surface area (Å²) in [4.78, 5) is 16.9. The van der Waals surface area contributed by atoms with Crippen LogP contribution in [0.15, 0.2) is 0 Å². The van der Waals surface area contributed by atoms with Crippen LogP contribution in [-0.4, -0.2) is 66.8 Å². The first-order valence-electron chi connectivity index (χ1n) is 8.80. The van der Waals surface area contributed by atoms with Gasteiger partial charge in [-0.25, -0.2) is 4.79 Å². The van der Waals surface area contributed by atoms with Crippen LogP contribution in [0.2, 0.25) is 0 Å². The molecule has 0 spiro atoms. The Hall–Kier alpha value is -0.810. The fraction of sp³-hybridized carbons (Fsp3) is 0.941. The molecule has 1 heterocycles. The molecule has 0 aromatic rings. The third-order valence-electron chi connectivity index (χ3n) is 4.69. The lowest BCUT2D eigenvalue weighted by Gasteiger charge is -2.35. The van der Waals surface area contributed by atoms with Crippen LogP contribution >= 0.6 is 0 Å². The number of hydrogen-bond acceptors (Lipinski definition) is 4. The fourth-order valence-electron chi connectivity index (χ4n) is 3.50. The number of carbonyl (C=O) groups is 1. The quantitative estimate of drug-likeness (QED) is 0.865. The monoisotopic (exact) mass is 311 g/mol. The van der Waals surface area contributed by atoms with Gasteiger partial charge in [-0.05, 0) is 52.5 Å². The fourth-order valence-corrected chi connectivity index (χ4v) is 3.50. The highest BCUT2D eigenvalue weighted by Crippen LogP contribution is 2.27. The van der Waals surface area contributed by atoms with Crippen molar-refractivity contribution < 1.29 is 9.53 Å². The standard InChI is InChI=1S/C17H33N3O2/c1-5-19-8-10-20(11-9-19)13-14-6-7-15(12-14)18-16(21)22-17(2,3)4/h14-15H,5-13H2,1-4H3,(H,18,21). The van der Waals surface area contributed by atoms with Gasteiger partial charge >= 0.3 is 6.09 Å². The van der Waals surface area contributed by atoms with Gasteiger partial charge in [0, 0.05) is 38.8 Å². The summed E-state index contributed by atoms with van der Waals surface area (Å²) in [5.74, 6) is 0.716. The smallest absolute Gasteiger partial charge is 0.407 e. The number of nitrogens with one attached hydrogen (secondary N) is 1. The summed E-state index contributed by atoms with van der Waals surface area (Å²) >= 11 is 0. The average Bonchev–Trinajstić information content (AvgIpc) is 2.84. The molecule has 1 N–H and O–H groups in total. The van der Waals surface area contributed by atoms with Crippen LogP contribution in [-0.2, 0) is 4.74 Å². The number of amides is 1. The zero-order valence-corrected chi connectivity index (χ0v) is 14.7.